The molecular weight excluding hydrogens is 450 g/mol. The van der Waals surface area contributed by atoms with Gasteiger partial charge in [-0.2, -0.15) is 0 Å². The van der Waals surface area contributed by atoms with E-state index in [0.29, 0.717) is 0 Å². The summed E-state index contributed by atoms with van der Waals surface area (Å²) in [4.78, 5) is 41.7. The lowest BCUT2D eigenvalue weighted by Gasteiger charge is -2.33. The summed E-state index contributed by atoms with van der Waals surface area (Å²) < 4.78 is 5.11. The molecule has 1 atom stereocenters. The van der Waals surface area contributed by atoms with Crippen LogP contribution in [0, 0.1) is 0 Å². The molecule has 1 aliphatic rings. The maximum Gasteiger partial charge on any atom is 0.287 e. The first kappa shape index (κ1) is 23.8. The number of benzene rings is 1. The molecule has 1 fully saturated rings. The van der Waals surface area contributed by atoms with Crippen LogP contribution in [0.5, 0.6) is 0 Å². The quantitative estimate of drug-likeness (QED) is 0.479. The molecule has 3 amide bonds. The zero-order valence-electron chi connectivity index (χ0n) is 18.9. The van der Waals surface area contributed by atoms with Gasteiger partial charge in [0.15, 0.2) is 5.76 Å². The van der Waals surface area contributed by atoms with Gasteiger partial charge in [0.2, 0.25) is 11.8 Å². The van der Waals surface area contributed by atoms with Crippen molar-refractivity contribution in [3.8, 4) is 0 Å². The summed E-state index contributed by atoms with van der Waals surface area (Å²) in [7, 11) is 0. The number of nitrogens with one attached hydrogen (secondary N) is 2. The van der Waals surface area contributed by atoms with Crippen LogP contribution in [0.25, 0.3) is 0 Å². The van der Waals surface area contributed by atoms with Crippen LogP contribution >= 0.6 is 11.3 Å². The van der Waals surface area contributed by atoms with Crippen molar-refractivity contribution in [2.75, 3.05) is 6.54 Å². The van der Waals surface area contributed by atoms with Gasteiger partial charge in [-0.3, -0.25) is 14.4 Å². The van der Waals surface area contributed by atoms with Crippen molar-refractivity contribution in [3.05, 3.63) is 82.4 Å². The molecular formula is C26H29N3O4S. The Balaban J connectivity index is 1.57. The number of nitrogens with zero attached hydrogens (tertiary/aromatic N) is 1. The fraction of sp³-hybridized carbons (Fsp3) is 0.346. The summed E-state index contributed by atoms with van der Waals surface area (Å²) in [5.74, 6) is -0.874. The first-order valence-corrected chi connectivity index (χ1v) is 12.5. The Morgan fingerprint density at radius 2 is 1.79 bits per heavy atom. The Kier molecular flexibility index (Phi) is 8.14. The standard InChI is InChI=1S/C26H29N3O4S/c30-23(17-27-25(31)21-13-7-15-33-21)29(18-19-9-3-1-4-10-19)24(22-14-8-16-34-22)26(32)28-20-11-5-2-6-12-20/h1,3-4,7-10,13-16,20,24H,2,5-6,11-12,17-18H2,(H,27,31)(H,28,32)/t24-/m1/s1. The van der Waals surface area contributed by atoms with Crippen LogP contribution in [-0.2, 0) is 16.1 Å². The molecule has 8 heteroatoms. The predicted octanol–water partition coefficient (Wildman–Crippen LogP) is 4.29. The van der Waals surface area contributed by atoms with Crippen molar-refractivity contribution in [3.63, 3.8) is 0 Å². The molecule has 0 aliphatic heterocycles. The van der Waals surface area contributed by atoms with Crippen LogP contribution in [0.3, 0.4) is 0 Å². The minimum Gasteiger partial charge on any atom is -0.459 e. The van der Waals surface area contributed by atoms with Gasteiger partial charge < -0.3 is 20.0 Å². The van der Waals surface area contributed by atoms with Crippen molar-refractivity contribution in [2.45, 2.75) is 50.7 Å². The third-order valence-electron chi connectivity index (χ3n) is 5.99. The molecule has 7 nitrogen and oxygen atoms in total. The van der Waals surface area contributed by atoms with E-state index in [1.807, 2.05) is 47.8 Å². The fourth-order valence-electron chi connectivity index (χ4n) is 4.25. The van der Waals surface area contributed by atoms with Crippen molar-refractivity contribution in [2.24, 2.45) is 0 Å². The van der Waals surface area contributed by atoms with Gasteiger partial charge >= 0.3 is 0 Å². The van der Waals surface area contributed by atoms with Gasteiger partial charge in [0.25, 0.3) is 5.91 Å². The second kappa shape index (κ2) is 11.7. The number of hydrogen-bond acceptors (Lipinski definition) is 5. The highest BCUT2D eigenvalue weighted by atomic mass is 32.1. The van der Waals surface area contributed by atoms with Crippen LogP contribution in [-0.4, -0.2) is 35.2 Å². The number of carbonyl (C=O) groups excluding carboxylic acids is 3. The lowest BCUT2D eigenvalue weighted by Crippen LogP contribution is -2.48. The number of furan rings is 1. The van der Waals surface area contributed by atoms with Crippen molar-refractivity contribution >= 4 is 29.1 Å². The van der Waals surface area contributed by atoms with Crippen molar-refractivity contribution in [1.82, 2.24) is 15.5 Å². The predicted molar refractivity (Wildman–Crippen MR) is 130 cm³/mol. The van der Waals surface area contributed by atoms with E-state index < -0.39 is 11.9 Å². The monoisotopic (exact) mass is 479 g/mol. The van der Waals surface area contributed by atoms with E-state index >= 15 is 0 Å². The van der Waals surface area contributed by atoms with Gasteiger partial charge in [-0.15, -0.1) is 11.3 Å². The van der Waals surface area contributed by atoms with Gasteiger partial charge in [0, 0.05) is 17.5 Å². The van der Waals surface area contributed by atoms with Crippen molar-refractivity contribution in [1.29, 1.82) is 0 Å². The first-order valence-electron chi connectivity index (χ1n) is 11.6. The zero-order chi connectivity index (χ0) is 23.8. The summed E-state index contributed by atoms with van der Waals surface area (Å²) in [6, 6.07) is 15.8. The molecule has 1 aromatic carbocycles. The van der Waals surface area contributed by atoms with Gasteiger partial charge in [0.05, 0.1) is 12.8 Å². The molecule has 0 bridgehead atoms. The number of amides is 3. The first-order chi connectivity index (χ1) is 16.6. The molecule has 0 saturated heterocycles. The second-order valence-corrected chi connectivity index (χ2v) is 9.41. The molecule has 0 radical (unpaired) electrons. The molecule has 2 heterocycles. The molecule has 34 heavy (non-hydrogen) atoms. The number of carbonyl (C=O) groups is 3. The molecule has 4 rings (SSSR count). The summed E-state index contributed by atoms with van der Waals surface area (Å²) in [5.41, 5.74) is 0.903. The minimum absolute atomic E-state index is 0.121. The summed E-state index contributed by atoms with van der Waals surface area (Å²) in [6.45, 7) is 0.00188. The van der Waals surface area contributed by atoms with Crippen LogP contribution in [0.4, 0.5) is 0 Å². The molecule has 2 N–H and O–H groups in total. The highest BCUT2D eigenvalue weighted by Gasteiger charge is 2.33. The maximum absolute atomic E-state index is 13.6. The zero-order valence-corrected chi connectivity index (χ0v) is 19.8. The van der Waals surface area contributed by atoms with Gasteiger partial charge in [0.1, 0.15) is 6.04 Å². The Morgan fingerprint density at radius 1 is 1.00 bits per heavy atom. The van der Waals surface area contributed by atoms with Gasteiger partial charge in [-0.1, -0.05) is 55.7 Å². The van der Waals surface area contributed by atoms with E-state index in [9.17, 15) is 14.4 Å². The lowest BCUT2D eigenvalue weighted by atomic mass is 9.95. The van der Waals surface area contributed by atoms with E-state index in [-0.39, 0.29) is 36.7 Å². The lowest BCUT2D eigenvalue weighted by molar-refractivity contribution is -0.141. The normalized spacial score (nSPS) is 14.8. The van der Waals surface area contributed by atoms with E-state index in [0.717, 1.165) is 36.1 Å². The Labute approximate surface area is 203 Å². The van der Waals surface area contributed by atoms with Gasteiger partial charge in [-0.05, 0) is 42.0 Å². The molecule has 1 saturated carbocycles. The average Bonchev–Trinajstić information content (AvgIpc) is 3.58. The van der Waals surface area contributed by atoms with Gasteiger partial charge in [-0.25, -0.2) is 0 Å². The summed E-state index contributed by atoms with van der Waals surface area (Å²) in [6.07, 6.45) is 6.69. The smallest absolute Gasteiger partial charge is 0.287 e. The van der Waals surface area contributed by atoms with E-state index in [2.05, 4.69) is 10.6 Å². The Morgan fingerprint density at radius 3 is 2.47 bits per heavy atom. The van der Waals surface area contributed by atoms with E-state index in [4.69, 9.17) is 4.42 Å². The average molecular weight is 480 g/mol. The maximum atomic E-state index is 13.6. The summed E-state index contributed by atoms with van der Waals surface area (Å²) in [5, 5.41) is 7.71. The fourth-order valence-corrected chi connectivity index (χ4v) is 5.09. The molecule has 178 valence electrons. The molecule has 3 aromatic rings. The molecule has 0 spiro atoms. The van der Waals surface area contributed by atoms with E-state index in [1.165, 1.54) is 30.1 Å². The van der Waals surface area contributed by atoms with Crippen LogP contribution in [0.1, 0.15) is 59.1 Å². The molecule has 1 aliphatic carbocycles. The Hall–Kier alpha value is -3.39. The highest BCUT2D eigenvalue weighted by molar-refractivity contribution is 7.10. The van der Waals surface area contributed by atoms with E-state index in [1.54, 1.807) is 11.0 Å². The largest absolute Gasteiger partial charge is 0.459 e. The number of rotatable bonds is 9. The van der Waals surface area contributed by atoms with Crippen molar-refractivity contribution < 1.29 is 18.8 Å². The van der Waals surface area contributed by atoms with Crippen LogP contribution < -0.4 is 10.6 Å². The topological polar surface area (TPSA) is 91.7 Å². The van der Waals surface area contributed by atoms with Crippen LogP contribution in [0.15, 0.2) is 70.7 Å². The SMILES string of the molecule is O=C(NCC(=O)N(Cc1ccccc1)[C@@H](C(=O)NC1CCCCC1)c1cccs1)c1ccco1. The van der Waals surface area contributed by atoms with Crippen LogP contribution in [0.2, 0.25) is 0 Å². The second-order valence-electron chi connectivity index (χ2n) is 8.43. The molecule has 2 aromatic heterocycles. The third kappa shape index (κ3) is 6.14. The highest BCUT2D eigenvalue weighted by Crippen LogP contribution is 2.28. The summed E-state index contributed by atoms with van der Waals surface area (Å²) >= 11 is 1.44. The Bertz CT molecular complexity index is 1060. The molecule has 0 unspecified atom stereocenters. The minimum atomic E-state index is -0.782. The third-order valence-corrected chi connectivity index (χ3v) is 6.91. The number of hydrogen-bond donors (Lipinski definition) is 2. The number of thiophene rings is 1.